The SMILES string of the molecule is CC(/C=C(\C)Nc1c(C(C)C)cccc1C(C)C)=N[C@H]1CCCC[C@@H]1N=C(C)/C=C(\C)Nc1c(C(C)C)cccc1C(C)C. The lowest BCUT2D eigenvalue weighted by molar-refractivity contribution is 0.388. The fraction of sp³-hybridized carbons (Fsp3) is 0.550. The monoisotopic (exact) mass is 596 g/mol. The van der Waals surface area contributed by atoms with Gasteiger partial charge in [0.15, 0.2) is 0 Å². The first-order chi connectivity index (χ1) is 20.8. The highest BCUT2D eigenvalue weighted by Crippen LogP contribution is 2.34. The molecule has 2 N–H and O–H groups in total. The van der Waals surface area contributed by atoms with Crippen LogP contribution in [0.1, 0.15) is 155 Å². The fourth-order valence-electron chi connectivity index (χ4n) is 6.47. The minimum Gasteiger partial charge on any atom is -0.359 e. The van der Waals surface area contributed by atoms with Gasteiger partial charge in [-0.2, -0.15) is 0 Å². The second-order valence-electron chi connectivity index (χ2n) is 14.1. The molecule has 2 aromatic rings. The number of benzene rings is 2. The van der Waals surface area contributed by atoms with Gasteiger partial charge in [0.1, 0.15) is 0 Å². The van der Waals surface area contributed by atoms with E-state index in [-0.39, 0.29) is 12.1 Å². The smallest absolute Gasteiger partial charge is 0.0726 e. The Labute approximate surface area is 269 Å². The number of para-hydroxylation sites is 2. The van der Waals surface area contributed by atoms with Crippen molar-refractivity contribution in [1.29, 1.82) is 0 Å². The van der Waals surface area contributed by atoms with Gasteiger partial charge >= 0.3 is 0 Å². The molecule has 4 heteroatoms. The van der Waals surface area contributed by atoms with Crippen molar-refractivity contribution in [3.05, 3.63) is 82.2 Å². The van der Waals surface area contributed by atoms with Gasteiger partial charge in [-0.25, -0.2) is 0 Å². The maximum absolute atomic E-state index is 5.23. The van der Waals surface area contributed by atoms with Crippen molar-refractivity contribution in [1.82, 2.24) is 0 Å². The van der Waals surface area contributed by atoms with Crippen LogP contribution in [0, 0.1) is 0 Å². The van der Waals surface area contributed by atoms with Crippen LogP contribution in [0.25, 0.3) is 0 Å². The van der Waals surface area contributed by atoms with E-state index in [4.69, 9.17) is 9.98 Å². The molecule has 3 rings (SSSR count). The Morgan fingerprint density at radius 3 is 1.14 bits per heavy atom. The summed E-state index contributed by atoms with van der Waals surface area (Å²) in [5, 5.41) is 7.51. The van der Waals surface area contributed by atoms with Crippen molar-refractivity contribution in [3.8, 4) is 0 Å². The summed E-state index contributed by atoms with van der Waals surface area (Å²) in [6, 6.07) is 13.8. The Balaban J connectivity index is 1.81. The minimum atomic E-state index is 0.216. The molecule has 0 saturated heterocycles. The largest absolute Gasteiger partial charge is 0.359 e. The normalized spacial score (nSPS) is 19.0. The first kappa shape index (κ1) is 35.3. The molecular formula is C40H60N4. The lowest BCUT2D eigenvalue weighted by atomic mass is 9.90. The molecule has 0 unspecified atom stereocenters. The van der Waals surface area contributed by atoms with Crippen LogP contribution in [-0.2, 0) is 0 Å². The van der Waals surface area contributed by atoms with Crippen molar-refractivity contribution < 1.29 is 0 Å². The molecule has 4 nitrogen and oxygen atoms in total. The van der Waals surface area contributed by atoms with E-state index >= 15 is 0 Å². The molecule has 0 spiro atoms. The van der Waals surface area contributed by atoms with Gasteiger partial charge in [0.2, 0.25) is 0 Å². The zero-order valence-corrected chi connectivity index (χ0v) is 29.8. The predicted octanol–water partition coefficient (Wildman–Crippen LogP) is 11.7. The van der Waals surface area contributed by atoms with E-state index in [1.807, 2.05) is 0 Å². The number of rotatable bonds is 12. The van der Waals surface area contributed by atoms with E-state index in [1.54, 1.807) is 0 Å². The third-order valence-electron chi connectivity index (χ3n) is 8.67. The second-order valence-corrected chi connectivity index (χ2v) is 14.1. The molecule has 1 aliphatic rings. The number of hydrogen-bond acceptors (Lipinski definition) is 4. The number of nitrogens with one attached hydrogen (secondary N) is 2. The van der Waals surface area contributed by atoms with Gasteiger partial charge in [-0.05, 0) is 98.6 Å². The van der Waals surface area contributed by atoms with Gasteiger partial charge in [0, 0.05) is 34.2 Å². The summed E-state index contributed by atoms with van der Waals surface area (Å²) in [5.74, 6) is 1.83. The maximum Gasteiger partial charge on any atom is 0.0726 e. The molecule has 0 radical (unpaired) electrons. The van der Waals surface area contributed by atoms with Crippen LogP contribution in [0.4, 0.5) is 11.4 Å². The zero-order chi connectivity index (χ0) is 32.6. The van der Waals surface area contributed by atoms with Crippen molar-refractivity contribution >= 4 is 22.8 Å². The van der Waals surface area contributed by atoms with Crippen LogP contribution >= 0.6 is 0 Å². The molecule has 240 valence electrons. The van der Waals surface area contributed by atoms with E-state index in [0.29, 0.717) is 23.7 Å². The molecule has 1 saturated carbocycles. The number of allylic oxidation sites excluding steroid dienone is 4. The Morgan fingerprint density at radius 1 is 0.568 bits per heavy atom. The topological polar surface area (TPSA) is 48.8 Å². The highest BCUT2D eigenvalue weighted by Gasteiger charge is 2.24. The molecule has 2 atom stereocenters. The third-order valence-corrected chi connectivity index (χ3v) is 8.67. The summed E-state index contributed by atoms with van der Waals surface area (Å²) in [6.45, 7) is 26.7. The first-order valence-electron chi connectivity index (χ1n) is 17.0. The summed E-state index contributed by atoms with van der Waals surface area (Å²) >= 11 is 0. The Hall–Kier alpha value is -3.14. The zero-order valence-electron chi connectivity index (χ0n) is 29.8. The molecule has 1 fully saturated rings. The molecule has 2 aromatic carbocycles. The molecule has 0 aliphatic heterocycles. The van der Waals surface area contributed by atoms with Crippen molar-refractivity contribution in [2.45, 2.75) is 145 Å². The summed E-state index contributed by atoms with van der Waals surface area (Å²) in [6.07, 6.45) is 9.02. The number of aliphatic imine (C=N–C) groups is 2. The number of anilines is 2. The number of hydrogen-bond donors (Lipinski definition) is 2. The van der Waals surface area contributed by atoms with Crippen LogP contribution in [0.3, 0.4) is 0 Å². The first-order valence-corrected chi connectivity index (χ1v) is 17.0. The second kappa shape index (κ2) is 16.3. The maximum atomic E-state index is 5.23. The van der Waals surface area contributed by atoms with Crippen LogP contribution in [0.2, 0.25) is 0 Å². The average Bonchev–Trinajstić information content (AvgIpc) is 2.93. The van der Waals surface area contributed by atoms with Crippen molar-refractivity contribution in [2.24, 2.45) is 9.98 Å². The summed E-state index contributed by atoms with van der Waals surface area (Å²) in [4.78, 5) is 10.5. The lowest BCUT2D eigenvalue weighted by Gasteiger charge is -2.27. The van der Waals surface area contributed by atoms with Crippen LogP contribution in [0.5, 0.6) is 0 Å². The van der Waals surface area contributed by atoms with Gasteiger partial charge < -0.3 is 10.6 Å². The van der Waals surface area contributed by atoms with Crippen molar-refractivity contribution in [3.63, 3.8) is 0 Å². The Morgan fingerprint density at radius 2 is 0.864 bits per heavy atom. The van der Waals surface area contributed by atoms with E-state index in [0.717, 1.165) is 35.7 Å². The van der Waals surface area contributed by atoms with Gasteiger partial charge in [0.25, 0.3) is 0 Å². The van der Waals surface area contributed by atoms with Crippen molar-refractivity contribution in [2.75, 3.05) is 10.6 Å². The lowest BCUT2D eigenvalue weighted by Crippen LogP contribution is -2.28. The standard InChI is InChI=1S/C40H60N4/c1-25(2)33-17-15-18-34(26(3)4)39(33)43-31(11)23-29(9)41-37-21-13-14-22-38(37)42-30(10)24-32(12)44-40-35(27(5)6)19-16-20-36(40)28(7)8/h15-20,23-28,37-38,43-44H,13-14,21-22H2,1-12H3/b31-23+,32-24+,41-29?,42-30?/t37-,38-/m0/s1. The van der Waals surface area contributed by atoms with Gasteiger partial charge in [-0.1, -0.05) is 105 Å². The Kier molecular flexibility index (Phi) is 13.1. The fourth-order valence-corrected chi connectivity index (χ4v) is 6.47. The number of nitrogens with zero attached hydrogens (tertiary/aromatic N) is 2. The highest BCUT2D eigenvalue weighted by molar-refractivity contribution is 5.95. The molecule has 0 amide bonds. The molecular weight excluding hydrogens is 536 g/mol. The van der Waals surface area contributed by atoms with Crippen LogP contribution < -0.4 is 10.6 Å². The van der Waals surface area contributed by atoms with Gasteiger partial charge in [-0.3, -0.25) is 9.98 Å². The van der Waals surface area contributed by atoms with E-state index in [9.17, 15) is 0 Å². The molecule has 0 bridgehead atoms. The van der Waals surface area contributed by atoms with Crippen LogP contribution in [0.15, 0.2) is 69.9 Å². The summed E-state index contributed by atoms with van der Waals surface area (Å²) in [5.41, 5.74) is 12.3. The minimum absolute atomic E-state index is 0.216. The highest BCUT2D eigenvalue weighted by atomic mass is 14.9. The summed E-state index contributed by atoms with van der Waals surface area (Å²) in [7, 11) is 0. The third kappa shape index (κ3) is 9.68. The average molecular weight is 597 g/mol. The molecule has 0 heterocycles. The van der Waals surface area contributed by atoms with E-state index in [2.05, 4.69) is 142 Å². The molecule has 1 aliphatic carbocycles. The van der Waals surface area contributed by atoms with Crippen LogP contribution in [-0.4, -0.2) is 23.5 Å². The predicted molar refractivity (Wildman–Crippen MR) is 196 cm³/mol. The molecule has 44 heavy (non-hydrogen) atoms. The van der Waals surface area contributed by atoms with E-state index < -0.39 is 0 Å². The quantitative estimate of drug-likeness (QED) is 0.239. The van der Waals surface area contributed by atoms with Gasteiger partial charge in [0.05, 0.1) is 12.1 Å². The van der Waals surface area contributed by atoms with E-state index in [1.165, 1.54) is 46.5 Å². The summed E-state index contributed by atoms with van der Waals surface area (Å²) < 4.78 is 0. The Bertz CT molecular complexity index is 1210. The molecule has 0 aromatic heterocycles. The van der Waals surface area contributed by atoms with Gasteiger partial charge in [-0.15, -0.1) is 0 Å².